The summed E-state index contributed by atoms with van der Waals surface area (Å²) in [5.74, 6) is -2.51. The Hall–Kier alpha value is -1.85. The van der Waals surface area contributed by atoms with E-state index < -0.39 is 29.5 Å². The van der Waals surface area contributed by atoms with E-state index in [1.165, 1.54) is 30.3 Å². The van der Waals surface area contributed by atoms with E-state index in [2.05, 4.69) is 0 Å². The summed E-state index contributed by atoms with van der Waals surface area (Å²) < 4.78 is 41.1. The zero-order chi connectivity index (χ0) is 15.5. The number of hydrogen-bond acceptors (Lipinski definition) is 2. The normalized spacial score (nSPS) is 14.0. The SMILES string of the molecule is NCC(CO)(Cc1cccc(F)c1F)c1ccccc1F. The largest absolute Gasteiger partial charge is 0.395 e. The van der Waals surface area contributed by atoms with Crippen molar-refractivity contribution in [1.29, 1.82) is 0 Å². The Morgan fingerprint density at radius 3 is 2.24 bits per heavy atom. The molecular formula is C16H16F3NO. The second-order valence-corrected chi connectivity index (χ2v) is 5.01. The van der Waals surface area contributed by atoms with Crippen molar-refractivity contribution in [3.8, 4) is 0 Å². The summed E-state index contributed by atoms with van der Waals surface area (Å²) >= 11 is 0. The molecule has 0 radical (unpaired) electrons. The summed E-state index contributed by atoms with van der Waals surface area (Å²) in [6, 6.07) is 9.64. The van der Waals surface area contributed by atoms with Gasteiger partial charge in [-0.05, 0) is 29.7 Å². The highest BCUT2D eigenvalue weighted by atomic mass is 19.2. The summed E-state index contributed by atoms with van der Waals surface area (Å²) in [4.78, 5) is 0. The van der Waals surface area contributed by atoms with Crippen LogP contribution in [0.1, 0.15) is 11.1 Å². The van der Waals surface area contributed by atoms with Crippen LogP contribution < -0.4 is 5.73 Å². The molecule has 21 heavy (non-hydrogen) atoms. The van der Waals surface area contributed by atoms with Gasteiger partial charge >= 0.3 is 0 Å². The Morgan fingerprint density at radius 1 is 0.952 bits per heavy atom. The van der Waals surface area contributed by atoms with Gasteiger partial charge in [-0.15, -0.1) is 0 Å². The fourth-order valence-electron chi connectivity index (χ4n) is 2.42. The molecule has 1 atom stereocenters. The summed E-state index contributed by atoms with van der Waals surface area (Å²) in [5.41, 5.74) is 4.76. The molecule has 2 aromatic rings. The van der Waals surface area contributed by atoms with Crippen LogP contribution in [0, 0.1) is 17.5 Å². The quantitative estimate of drug-likeness (QED) is 0.890. The maximum absolute atomic E-state index is 14.0. The van der Waals surface area contributed by atoms with Crippen LogP contribution in [0.15, 0.2) is 42.5 Å². The lowest BCUT2D eigenvalue weighted by molar-refractivity contribution is 0.191. The van der Waals surface area contributed by atoms with Crippen LogP contribution in [0.25, 0.3) is 0 Å². The van der Waals surface area contributed by atoms with Gasteiger partial charge in [0.25, 0.3) is 0 Å². The van der Waals surface area contributed by atoms with Gasteiger partial charge in [-0.3, -0.25) is 0 Å². The molecule has 0 amide bonds. The zero-order valence-corrected chi connectivity index (χ0v) is 11.3. The summed E-state index contributed by atoms with van der Waals surface area (Å²) in [6.45, 7) is -0.569. The van der Waals surface area contributed by atoms with E-state index in [4.69, 9.17) is 5.73 Å². The van der Waals surface area contributed by atoms with Crippen LogP contribution in [0.5, 0.6) is 0 Å². The van der Waals surface area contributed by atoms with Crippen LogP contribution in [0.4, 0.5) is 13.2 Å². The standard InChI is InChI=1S/C16H16F3NO/c17-13-6-2-1-5-12(13)16(9-20,10-21)8-11-4-3-7-14(18)15(11)19/h1-7,21H,8-10,20H2. The number of hydrogen-bond donors (Lipinski definition) is 2. The van der Waals surface area contributed by atoms with E-state index in [-0.39, 0.29) is 24.1 Å². The van der Waals surface area contributed by atoms with Crippen molar-refractivity contribution in [1.82, 2.24) is 0 Å². The lowest BCUT2D eigenvalue weighted by Gasteiger charge is -2.31. The highest BCUT2D eigenvalue weighted by Gasteiger charge is 2.34. The molecule has 0 heterocycles. The minimum Gasteiger partial charge on any atom is -0.395 e. The first-order valence-corrected chi connectivity index (χ1v) is 6.53. The van der Waals surface area contributed by atoms with Crippen molar-refractivity contribution in [2.75, 3.05) is 13.2 Å². The number of aliphatic hydroxyl groups excluding tert-OH is 1. The average molecular weight is 295 g/mol. The van der Waals surface area contributed by atoms with Crippen molar-refractivity contribution < 1.29 is 18.3 Å². The van der Waals surface area contributed by atoms with Crippen LogP contribution in [0.2, 0.25) is 0 Å². The summed E-state index contributed by atoms with van der Waals surface area (Å²) in [6.07, 6.45) is -0.0927. The van der Waals surface area contributed by atoms with E-state index in [0.717, 1.165) is 6.07 Å². The topological polar surface area (TPSA) is 46.2 Å². The molecule has 0 aliphatic heterocycles. The number of rotatable bonds is 5. The molecule has 3 N–H and O–H groups in total. The van der Waals surface area contributed by atoms with E-state index in [9.17, 15) is 18.3 Å². The molecule has 0 fully saturated rings. The Balaban J connectivity index is 2.49. The molecule has 112 valence electrons. The third-order valence-corrected chi connectivity index (χ3v) is 3.70. The van der Waals surface area contributed by atoms with Crippen molar-refractivity contribution in [3.63, 3.8) is 0 Å². The maximum atomic E-state index is 14.0. The molecule has 0 saturated carbocycles. The Kier molecular flexibility index (Phi) is 4.65. The predicted molar refractivity (Wildman–Crippen MR) is 74.3 cm³/mol. The van der Waals surface area contributed by atoms with Crippen molar-refractivity contribution in [2.24, 2.45) is 5.73 Å². The molecule has 0 aliphatic rings. The Bertz CT molecular complexity index is 627. The smallest absolute Gasteiger partial charge is 0.162 e. The third kappa shape index (κ3) is 2.94. The Labute approximate surface area is 121 Å². The van der Waals surface area contributed by atoms with Crippen molar-refractivity contribution >= 4 is 0 Å². The van der Waals surface area contributed by atoms with Crippen molar-refractivity contribution in [2.45, 2.75) is 11.8 Å². The van der Waals surface area contributed by atoms with Crippen LogP contribution in [-0.4, -0.2) is 18.3 Å². The van der Waals surface area contributed by atoms with Gasteiger partial charge < -0.3 is 10.8 Å². The van der Waals surface area contributed by atoms with Crippen LogP contribution in [-0.2, 0) is 11.8 Å². The molecule has 0 aromatic heterocycles. The minimum absolute atomic E-state index is 0.0535. The first-order valence-electron chi connectivity index (χ1n) is 6.53. The summed E-state index contributed by atoms with van der Waals surface area (Å²) in [5, 5.41) is 9.71. The minimum atomic E-state index is -1.19. The first-order chi connectivity index (χ1) is 10.0. The monoisotopic (exact) mass is 295 g/mol. The van der Waals surface area contributed by atoms with Gasteiger partial charge in [0.2, 0.25) is 0 Å². The number of aliphatic hydroxyl groups is 1. The third-order valence-electron chi connectivity index (χ3n) is 3.70. The molecule has 0 bridgehead atoms. The Morgan fingerprint density at radius 2 is 1.62 bits per heavy atom. The molecule has 0 aliphatic carbocycles. The maximum Gasteiger partial charge on any atom is 0.162 e. The van der Waals surface area contributed by atoms with Gasteiger partial charge in [-0.25, -0.2) is 13.2 Å². The van der Waals surface area contributed by atoms with E-state index in [1.807, 2.05) is 0 Å². The zero-order valence-electron chi connectivity index (χ0n) is 11.3. The van der Waals surface area contributed by atoms with Gasteiger partial charge in [-0.2, -0.15) is 0 Å². The van der Waals surface area contributed by atoms with E-state index in [0.29, 0.717) is 0 Å². The predicted octanol–water partition coefficient (Wildman–Crippen LogP) is 2.54. The fraction of sp³-hybridized carbons (Fsp3) is 0.250. The molecule has 0 saturated heterocycles. The lowest BCUT2D eigenvalue weighted by atomic mass is 9.76. The second-order valence-electron chi connectivity index (χ2n) is 5.01. The molecule has 1 unspecified atom stereocenters. The van der Waals surface area contributed by atoms with Crippen LogP contribution in [0.3, 0.4) is 0 Å². The average Bonchev–Trinajstić information content (AvgIpc) is 2.50. The lowest BCUT2D eigenvalue weighted by Crippen LogP contribution is -2.42. The van der Waals surface area contributed by atoms with E-state index >= 15 is 0 Å². The summed E-state index contributed by atoms with van der Waals surface area (Å²) in [7, 11) is 0. The molecule has 0 spiro atoms. The van der Waals surface area contributed by atoms with E-state index in [1.54, 1.807) is 6.07 Å². The van der Waals surface area contributed by atoms with Gasteiger partial charge in [-0.1, -0.05) is 30.3 Å². The molecule has 5 heteroatoms. The second kappa shape index (κ2) is 6.28. The number of halogens is 3. The van der Waals surface area contributed by atoms with Gasteiger partial charge in [0.1, 0.15) is 5.82 Å². The number of nitrogens with two attached hydrogens (primary N) is 1. The first kappa shape index (κ1) is 15.5. The molecule has 2 aromatic carbocycles. The highest BCUT2D eigenvalue weighted by molar-refractivity contribution is 5.32. The van der Waals surface area contributed by atoms with Gasteiger partial charge in [0.05, 0.1) is 6.61 Å². The molecule has 2 nitrogen and oxygen atoms in total. The highest BCUT2D eigenvalue weighted by Crippen LogP contribution is 2.30. The fourth-order valence-corrected chi connectivity index (χ4v) is 2.42. The van der Waals surface area contributed by atoms with Gasteiger partial charge in [0.15, 0.2) is 11.6 Å². The molecular weight excluding hydrogens is 279 g/mol. The van der Waals surface area contributed by atoms with Crippen LogP contribution >= 0.6 is 0 Å². The molecule has 2 rings (SSSR count). The van der Waals surface area contributed by atoms with Crippen molar-refractivity contribution in [3.05, 3.63) is 71.0 Å². The number of benzene rings is 2. The van der Waals surface area contributed by atoms with Gasteiger partial charge in [0, 0.05) is 12.0 Å².